The van der Waals surface area contributed by atoms with E-state index in [9.17, 15) is 9.18 Å². The number of nitrogens with zero attached hydrogens (tertiary/aromatic N) is 2. The zero-order chi connectivity index (χ0) is 17.2. The van der Waals surface area contributed by atoms with Crippen LogP contribution in [0.4, 0.5) is 4.39 Å². The minimum absolute atomic E-state index is 0.156. The van der Waals surface area contributed by atoms with Gasteiger partial charge in [0.25, 0.3) is 0 Å². The first-order valence-electron chi connectivity index (χ1n) is 9.00. The maximum absolute atomic E-state index is 13.0. The number of likely N-dealkylation sites (tertiary alicyclic amines) is 1. The van der Waals surface area contributed by atoms with Crippen molar-refractivity contribution in [1.29, 1.82) is 0 Å². The number of rotatable bonds is 3. The van der Waals surface area contributed by atoms with E-state index in [1.54, 1.807) is 17.0 Å². The number of thiophene rings is 1. The third-order valence-corrected chi connectivity index (χ3v) is 6.46. The second-order valence-electron chi connectivity index (χ2n) is 7.00. The van der Waals surface area contributed by atoms with Gasteiger partial charge in [-0.15, -0.1) is 11.3 Å². The van der Waals surface area contributed by atoms with Crippen molar-refractivity contribution in [2.24, 2.45) is 0 Å². The summed E-state index contributed by atoms with van der Waals surface area (Å²) in [7, 11) is 0. The molecular formula is C20H23FN2OS. The third-order valence-electron chi connectivity index (χ3n) is 5.44. The Morgan fingerprint density at radius 3 is 2.64 bits per heavy atom. The van der Waals surface area contributed by atoms with Gasteiger partial charge in [-0.05, 0) is 54.0 Å². The van der Waals surface area contributed by atoms with Crippen molar-refractivity contribution in [3.8, 4) is 0 Å². The number of hydrogen-bond donors (Lipinski definition) is 0. The van der Waals surface area contributed by atoms with Crippen molar-refractivity contribution >= 4 is 17.2 Å². The number of benzene rings is 1. The quantitative estimate of drug-likeness (QED) is 0.839. The molecule has 2 aliphatic heterocycles. The van der Waals surface area contributed by atoms with Gasteiger partial charge in [-0.25, -0.2) is 4.39 Å². The van der Waals surface area contributed by atoms with Crippen LogP contribution in [0.3, 0.4) is 0 Å². The summed E-state index contributed by atoms with van der Waals surface area (Å²) in [5, 5.41) is 2.20. The van der Waals surface area contributed by atoms with Gasteiger partial charge in [0, 0.05) is 37.1 Å². The van der Waals surface area contributed by atoms with Crippen LogP contribution < -0.4 is 0 Å². The molecule has 0 radical (unpaired) electrons. The second-order valence-corrected chi connectivity index (χ2v) is 8.01. The molecule has 2 aromatic rings. The molecule has 0 bridgehead atoms. The molecule has 132 valence electrons. The SMILES string of the molecule is O=C(Cc1ccc(F)cc1)N1CCC(N2CCc3sccc3C2)CC1. The average molecular weight is 358 g/mol. The predicted octanol–water partition coefficient (Wildman–Crippen LogP) is 3.48. The molecule has 0 spiro atoms. The topological polar surface area (TPSA) is 23.6 Å². The van der Waals surface area contributed by atoms with Crippen molar-refractivity contribution in [3.05, 3.63) is 57.5 Å². The monoisotopic (exact) mass is 358 g/mol. The predicted molar refractivity (Wildman–Crippen MR) is 98.1 cm³/mol. The van der Waals surface area contributed by atoms with Gasteiger partial charge in [0.15, 0.2) is 0 Å². The second kappa shape index (κ2) is 7.26. The zero-order valence-electron chi connectivity index (χ0n) is 14.3. The molecule has 1 amide bonds. The Bertz CT molecular complexity index is 734. The Hall–Kier alpha value is -1.72. The Balaban J connectivity index is 1.29. The summed E-state index contributed by atoms with van der Waals surface area (Å²) in [6.45, 7) is 3.87. The first-order valence-corrected chi connectivity index (χ1v) is 9.88. The maximum Gasteiger partial charge on any atom is 0.226 e. The molecule has 0 atom stereocenters. The molecule has 1 saturated heterocycles. The molecule has 1 fully saturated rings. The van der Waals surface area contributed by atoms with Gasteiger partial charge >= 0.3 is 0 Å². The molecule has 1 aromatic heterocycles. The van der Waals surface area contributed by atoms with Crippen molar-refractivity contribution < 1.29 is 9.18 Å². The zero-order valence-corrected chi connectivity index (χ0v) is 15.1. The maximum atomic E-state index is 13.0. The Labute approximate surface area is 152 Å². The molecule has 0 aliphatic carbocycles. The number of carbonyl (C=O) groups excluding carboxylic acids is 1. The van der Waals surface area contributed by atoms with Crippen LogP contribution >= 0.6 is 11.3 Å². The summed E-state index contributed by atoms with van der Waals surface area (Å²) in [5.41, 5.74) is 2.38. The van der Waals surface area contributed by atoms with E-state index in [0.29, 0.717) is 12.5 Å². The summed E-state index contributed by atoms with van der Waals surface area (Å²) in [6.07, 6.45) is 3.63. The van der Waals surface area contributed by atoms with Crippen LogP contribution in [-0.4, -0.2) is 41.4 Å². The van der Waals surface area contributed by atoms with E-state index in [-0.39, 0.29) is 11.7 Å². The van der Waals surface area contributed by atoms with Gasteiger partial charge in [0.2, 0.25) is 5.91 Å². The van der Waals surface area contributed by atoms with Crippen LogP contribution in [-0.2, 0) is 24.2 Å². The summed E-state index contributed by atoms with van der Waals surface area (Å²) in [4.78, 5) is 18.6. The van der Waals surface area contributed by atoms with Gasteiger partial charge in [-0.3, -0.25) is 9.69 Å². The third kappa shape index (κ3) is 3.77. The first kappa shape index (κ1) is 16.7. The Morgan fingerprint density at radius 1 is 1.12 bits per heavy atom. The molecule has 0 unspecified atom stereocenters. The van der Waals surface area contributed by atoms with Crippen LogP contribution in [0, 0.1) is 5.82 Å². The fourth-order valence-electron chi connectivity index (χ4n) is 3.95. The Morgan fingerprint density at radius 2 is 1.88 bits per heavy atom. The highest BCUT2D eigenvalue weighted by atomic mass is 32.1. The summed E-state index contributed by atoms with van der Waals surface area (Å²) < 4.78 is 13.0. The number of fused-ring (bicyclic) bond motifs is 1. The molecule has 5 heteroatoms. The van der Waals surface area contributed by atoms with Gasteiger partial charge in [-0.2, -0.15) is 0 Å². The van der Waals surface area contributed by atoms with Gasteiger partial charge < -0.3 is 4.90 Å². The standard InChI is InChI=1S/C20H23FN2OS/c21-17-3-1-15(2-4-17)13-20(24)22-9-5-18(6-10-22)23-11-7-19-16(14-23)8-12-25-19/h1-4,8,12,18H,5-7,9-11,13-14H2. The summed E-state index contributed by atoms with van der Waals surface area (Å²) >= 11 is 1.88. The lowest BCUT2D eigenvalue weighted by atomic mass is 9.99. The highest BCUT2D eigenvalue weighted by molar-refractivity contribution is 7.10. The van der Waals surface area contributed by atoms with Crippen molar-refractivity contribution in [1.82, 2.24) is 9.80 Å². The van der Waals surface area contributed by atoms with Crippen LogP contribution in [0.15, 0.2) is 35.7 Å². The number of carbonyl (C=O) groups is 1. The van der Waals surface area contributed by atoms with E-state index >= 15 is 0 Å². The van der Waals surface area contributed by atoms with Crippen LogP contribution in [0.1, 0.15) is 28.8 Å². The summed E-state index contributed by atoms with van der Waals surface area (Å²) in [5.74, 6) is -0.101. The minimum Gasteiger partial charge on any atom is -0.342 e. The van der Waals surface area contributed by atoms with E-state index in [4.69, 9.17) is 0 Å². The van der Waals surface area contributed by atoms with E-state index in [2.05, 4.69) is 16.3 Å². The average Bonchev–Trinajstić information content (AvgIpc) is 3.11. The minimum atomic E-state index is -0.257. The molecule has 1 aromatic carbocycles. The fourth-order valence-corrected chi connectivity index (χ4v) is 4.84. The van der Waals surface area contributed by atoms with Gasteiger partial charge in [-0.1, -0.05) is 12.1 Å². The van der Waals surface area contributed by atoms with Crippen LogP contribution in [0.2, 0.25) is 0 Å². The lowest BCUT2D eigenvalue weighted by Gasteiger charge is -2.40. The number of hydrogen-bond acceptors (Lipinski definition) is 3. The van der Waals surface area contributed by atoms with E-state index < -0.39 is 0 Å². The fraction of sp³-hybridized carbons (Fsp3) is 0.450. The van der Waals surface area contributed by atoms with Crippen LogP contribution in [0.5, 0.6) is 0 Å². The van der Waals surface area contributed by atoms with E-state index in [1.165, 1.54) is 17.7 Å². The Kier molecular flexibility index (Phi) is 4.86. The van der Waals surface area contributed by atoms with E-state index in [0.717, 1.165) is 51.0 Å². The molecule has 0 N–H and O–H groups in total. The smallest absolute Gasteiger partial charge is 0.226 e. The van der Waals surface area contributed by atoms with Crippen molar-refractivity contribution in [3.63, 3.8) is 0 Å². The van der Waals surface area contributed by atoms with Crippen LogP contribution in [0.25, 0.3) is 0 Å². The molecule has 0 saturated carbocycles. The number of amides is 1. The molecule has 3 heterocycles. The highest BCUT2D eigenvalue weighted by Crippen LogP contribution is 2.28. The normalized spacial score (nSPS) is 19.0. The molecule has 3 nitrogen and oxygen atoms in total. The largest absolute Gasteiger partial charge is 0.342 e. The van der Waals surface area contributed by atoms with Gasteiger partial charge in [0.1, 0.15) is 5.82 Å². The van der Waals surface area contributed by atoms with Crippen molar-refractivity contribution in [2.75, 3.05) is 19.6 Å². The summed E-state index contributed by atoms with van der Waals surface area (Å²) in [6, 6.07) is 9.09. The lowest BCUT2D eigenvalue weighted by Crippen LogP contribution is -2.48. The van der Waals surface area contributed by atoms with E-state index in [1.807, 2.05) is 16.2 Å². The molecule has 25 heavy (non-hydrogen) atoms. The molecular weight excluding hydrogens is 335 g/mol. The number of halogens is 1. The molecule has 2 aliphatic rings. The first-order chi connectivity index (χ1) is 12.2. The van der Waals surface area contributed by atoms with Gasteiger partial charge in [0.05, 0.1) is 6.42 Å². The molecule has 4 rings (SSSR count). The lowest BCUT2D eigenvalue weighted by molar-refractivity contribution is -0.132. The highest BCUT2D eigenvalue weighted by Gasteiger charge is 2.29. The number of piperidine rings is 1. The van der Waals surface area contributed by atoms with Crippen molar-refractivity contribution in [2.45, 2.75) is 38.3 Å².